The highest BCUT2D eigenvalue weighted by Gasteiger charge is 2.11. The Labute approximate surface area is 165 Å². The Kier molecular flexibility index (Phi) is 5.98. The van der Waals surface area contributed by atoms with Gasteiger partial charge in [-0.2, -0.15) is 0 Å². The number of amides is 1. The lowest BCUT2D eigenvalue weighted by Crippen LogP contribution is -2.11. The van der Waals surface area contributed by atoms with Gasteiger partial charge in [-0.1, -0.05) is 29.8 Å². The highest BCUT2D eigenvalue weighted by atomic mass is 35.5. The van der Waals surface area contributed by atoms with E-state index in [1.165, 1.54) is 18.2 Å². The lowest BCUT2D eigenvalue weighted by molar-refractivity contribution is 0.0596. The monoisotopic (exact) mass is 395 g/mol. The smallest absolute Gasteiger partial charge is 0.364 e. The van der Waals surface area contributed by atoms with Crippen LogP contribution in [0.25, 0.3) is 0 Å². The van der Waals surface area contributed by atoms with Gasteiger partial charge in [0.25, 0.3) is 5.91 Å². The van der Waals surface area contributed by atoms with E-state index in [-0.39, 0.29) is 16.9 Å². The Hall–Kier alpha value is -3.71. The first-order valence-electron chi connectivity index (χ1n) is 8.10. The molecule has 140 valence electrons. The number of halogens is 1. The number of carbonyl (C=O) groups excluding carboxylic acids is 2. The molecule has 0 heterocycles. The maximum atomic E-state index is 12.0. The number of phenolic OH excluding ortho intramolecular Hbond substituents is 1. The van der Waals surface area contributed by atoms with Crippen molar-refractivity contribution in [2.75, 3.05) is 5.48 Å². The van der Waals surface area contributed by atoms with Gasteiger partial charge in [-0.3, -0.25) is 4.79 Å². The van der Waals surface area contributed by atoms with Gasteiger partial charge in [0.05, 0.1) is 22.0 Å². The maximum Gasteiger partial charge on any atom is 0.364 e. The summed E-state index contributed by atoms with van der Waals surface area (Å²) in [6, 6.07) is 18.8. The lowest BCUT2D eigenvalue weighted by atomic mass is 10.2. The zero-order valence-electron chi connectivity index (χ0n) is 14.4. The summed E-state index contributed by atoms with van der Waals surface area (Å²) in [6.07, 6.45) is 0. The third-order valence-corrected chi connectivity index (χ3v) is 3.90. The first-order chi connectivity index (χ1) is 13.5. The number of rotatable bonds is 5. The number of phenols is 1. The summed E-state index contributed by atoms with van der Waals surface area (Å²) in [4.78, 5) is 28.9. The number of nitrogens with one attached hydrogen (secondary N) is 1. The molecule has 2 N–H and O–H groups in total. The van der Waals surface area contributed by atoms with E-state index >= 15 is 0 Å². The predicted molar refractivity (Wildman–Crippen MR) is 104 cm³/mol. The van der Waals surface area contributed by atoms with E-state index in [2.05, 4.69) is 15.7 Å². The summed E-state index contributed by atoms with van der Waals surface area (Å²) in [5.41, 5.74) is 3.92. The second kappa shape index (κ2) is 8.79. The molecule has 0 saturated carbocycles. The number of anilines is 1. The summed E-state index contributed by atoms with van der Waals surface area (Å²) in [5.74, 6) is -1.22. The van der Waals surface area contributed by atoms with E-state index in [9.17, 15) is 14.7 Å². The Morgan fingerprint density at radius 2 is 1.71 bits per heavy atom. The van der Waals surface area contributed by atoms with E-state index in [0.717, 1.165) is 0 Å². The largest absolute Gasteiger partial charge is 0.508 e. The molecule has 0 aliphatic carbocycles. The van der Waals surface area contributed by atoms with Crippen LogP contribution in [0.2, 0.25) is 5.02 Å². The van der Waals surface area contributed by atoms with Crippen molar-refractivity contribution in [3.05, 3.63) is 88.9 Å². The van der Waals surface area contributed by atoms with E-state index in [1.54, 1.807) is 54.6 Å². The zero-order chi connectivity index (χ0) is 19.9. The van der Waals surface area contributed by atoms with Crippen molar-refractivity contribution >= 4 is 34.9 Å². The van der Waals surface area contributed by atoms with Crippen molar-refractivity contribution in [3.63, 3.8) is 0 Å². The van der Waals surface area contributed by atoms with Gasteiger partial charge in [0.15, 0.2) is 0 Å². The van der Waals surface area contributed by atoms with Crippen molar-refractivity contribution in [2.45, 2.75) is 0 Å². The molecule has 0 fully saturated rings. The molecule has 0 aliphatic heterocycles. The van der Waals surface area contributed by atoms with Gasteiger partial charge in [0, 0.05) is 5.56 Å². The molecular weight excluding hydrogens is 382 g/mol. The fourth-order valence-electron chi connectivity index (χ4n) is 2.18. The minimum atomic E-state index is -0.619. The van der Waals surface area contributed by atoms with Gasteiger partial charge in [0.2, 0.25) is 0 Å². The molecule has 0 saturated heterocycles. The molecule has 0 unspecified atom stereocenters. The van der Waals surface area contributed by atoms with Crippen molar-refractivity contribution in [1.29, 1.82) is 0 Å². The Morgan fingerprint density at radius 1 is 0.964 bits per heavy atom. The maximum absolute atomic E-state index is 12.0. The fraction of sp³-hybridized carbons (Fsp3) is 0. The molecule has 0 atom stereocenters. The first kappa shape index (κ1) is 19.1. The third kappa shape index (κ3) is 4.93. The van der Waals surface area contributed by atoms with Gasteiger partial charge in [-0.05, 0) is 54.6 Å². The Balaban J connectivity index is 1.58. The molecule has 3 rings (SSSR count). The van der Waals surface area contributed by atoms with E-state index in [1.807, 2.05) is 0 Å². The third-order valence-electron chi connectivity index (χ3n) is 3.57. The normalized spacial score (nSPS) is 10.6. The van der Waals surface area contributed by atoms with Crippen LogP contribution in [0.1, 0.15) is 20.7 Å². The SMILES string of the molecule is O=C(N=Nc1ccc(NOC(=O)c2ccccc2Cl)cc1)c1cccc(O)c1. The number of carbonyl (C=O) groups is 2. The van der Waals surface area contributed by atoms with Gasteiger partial charge in [-0.25, -0.2) is 10.3 Å². The molecule has 28 heavy (non-hydrogen) atoms. The van der Waals surface area contributed by atoms with Gasteiger partial charge in [-0.15, -0.1) is 10.2 Å². The van der Waals surface area contributed by atoms with Crippen molar-refractivity contribution in [1.82, 2.24) is 0 Å². The molecule has 0 spiro atoms. The second-order valence-electron chi connectivity index (χ2n) is 5.57. The second-order valence-corrected chi connectivity index (χ2v) is 5.98. The average molecular weight is 396 g/mol. The predicted octanol–water partition coefficient (Wildman–Crippen LogP) is 5.15. The van der Waals surface area contributed by atoms with Crippen LogP contribution in [0.4, 0.5) is 11.4 Å². The van der Waals surface area contributed by atoms with Crippen LogP contribution in [0.5, 0.6) is 5.75 Å². The lowest BCUT2D eigenvalue weighted by Gasteiger charge is -2.07. The summed E-state index contributed by atoms with van der Waals surface area (Å²) < 4.78 is 0. The number of azo groups is 1. The number of aromatic hydroxyl groups is 1. The molecule has 7 nitrogen and oxygen atoms in total. The van der Waals surface area contributed by atoms with E-state index in [4.69, 9.17) is 16.4 Å². The molecule has 0 aliphatic rings. The summed E-state index contributed by atoms with van der Waals surface area (Å²) in [6.45, 7) is 0. The highest BCUT2D eigenvalue weighted by molar-refractivity contribution is 6.33. The van der Waals surface area contributed by atoms with Gasteiger partial charge in [0.1, 0.15) is 5.75 Å². The zero-order valence-corrected chi connectivity index (χ0v) is 15.1. The summed E-state index contributed by atoms with van der Waals surface area (Å²) in [7, 11) is 0. The number of nitrogens with zero attached hydrogens (tertiary/aromatic N) is 2. The van der Waals surface area contributed by atoms with Crippen LogP contribution < -0.4 is 5.48 Å². The minimum absolute atomic E-state index is 0.0252. The van der Waals surface area contributed by atoms with Gasteiger partial charge >= 0.3 is 5.97 Å². The van der Waals surface area contributed by atoms with Crippen molar-refractivity contribution < 1.29 is 19.5 Å². The van der Waals surface area contributed by atoms with Crippen LogP contribution >= 0.6 is 11.6 Å². The summed E-state index contributed by atoms with van der Waals surface area (Å²) in [5, 5.41) is 17.1. The van der Waals surface area contributed by atoms with Crippen LogP contribution in [0.3, 0.4) is 0 Å². The van der Waals surface area contributed by atoms with Crippen LogP contribution in [0, 0.1) is 0 Å². The molecule has 8 heteroatoms. The van der Waals surface area contributed by atoms with E-state index < -0.39 is 11.9 Å². The van der Waals surface area contributed by atoms with Crippen LogP contribution in [-0.4, -0.2) is 17.0 Å². The molecule has 3 aromatic rings. The molecule has 0 aromatic heterocycles. The Bertz CT molecular complexity index is 1040. The standard InChI is InChI=1S/C20H14ClN3O4/c21-18-7-2-1-6-17(18)20(27)28-24-15-10-8-14(9-11-15)22-23-19(26)13-4-3-5-16(25)12-13/h1-12,24-25H. The molecular formula is C20H14ClN3O4. The number of hydrogen-bond donors (Lipinski definition) is 2. The fourth-order valence-corrected chi connectivity index (χ4v) is 2.40. The molecule has 0 bridgehead atoms. The van der Waals surface area contributed by atoms with Crippen molar-refractivity contribution in [3.8, 4) is 5.75 Å². The molecule has 1 amide bonds. The Morgan fingerprint density at radius 3 is 2.43 bits per heavy atom. The molecule has 0 radical (unpaired) electrons. The minimum Gasteiger partial charge on any atom is -0.508 e. The number of benzene rings is 3. The first-order valence-corrected chi connectivity index (χ1v) is 8.47. The molecule has 3 aromatic carbocycles. The topological polar surface area (TPSA) is 100 Å². The van der Waals surface area contributed by atoms with Gasteiger partial charge < -0.3 is 9.94 Å². The van der Waals surface area contributed by atoms with E-state index in [0.29, 0.717) is 16.4 Å². The average Bonchev–Trinajstić information content (AvgIpc) is 2.71. The quantitative estimate of drug-likeness (QED) is 0.459. The van der Waals surface area contributed by atoms with Crippen molar-refractivity contribution in [2.24, 2.45) is 10.2 Å². The van der Waals surface area contributed by atoms with Crippen LogP contribution in [-0.2, 0) is 4.84 Å². The summed E-state index contributed by atoms with van der Waals surface area (Å²) >= 11 is 5.94. The van der Waals surface area contributed by atoms with Crippen LogP contribution in [0.15, 0.2) is 83.0 Å². The highest BCUT2D eigenvalue weighted by Crippen LogP contribution is 2.20. The number of hydrogen-bond acceptors (Lipinski definition) is 6.